The Morgan fingerprint density at radius 3 is 2.45 bits per heavy atom. The number of para-hydroxylation sites is 1. The van der Waals surface area contributed by atoms with E-state index >= 15 is 0 Å². The largest absolute Gasteiger partial charge is 0.361 e. The van der Waals surface area contributed by atoms with Gasteiger partial charge in [-0.2, -0.15) is 0 Å². The van der Waals surface area contributed by atoms with Crippen molar-refractivity contribution in [1.29, 1.82) is 0 Å². The molecule has 0 aliphatic carbocycles. The Hall–Kier alpha value is -4.43. The molecular formula is C32H35N5O3. The van der Waals surface area contributed by atoms with Gasteiger partial charge in [0, 0.05) is 59.8 Å². The fourth-order valence-corrected chi connectivity index (χ4v) is 5.44. The quantitative estimate of drug-likeness (QED) is 0.266. The third-order valence-electron chi connectivity index (χ3n) is 7.80. The molecule has 3 aromatic carbocycles. The lowest BCUT2D eigenvalue weighted by molar-refractivity contribution is -0.130. The predicted molar refractivity (Wildman–Crippen MR) is 157 cm³/mol. The summed E-state index contributed by atoms with van der Waals surface area (Å²) in [4.78, 5) is 45.1. The van der Waals surface area contributed by atoms with E-state index in [2.05, 4.69) is 15.6 Å². The molecule has 206 valence electrons. The SMILES string of the molecule is C[C@H](c1c[nH]c2ccccc12)[C@@H](NC(=O)C1CCN(C(=O)c2ccccc2)CC1)C(=O)Nc1cccc(CN)c1. The smallest absolute Gasteiger partial charge is 0.253 e. The third kappa shape index (κ3) is 5.92. The van der Waals surface area contributed by atoms with Crippen molar-refractivity contribution in [1.82, 2.24) is 15.2 Å². The summed E-state index contributed by atoms with van der Waals surface area (Å²) in [5.41, 5.74) is 9.89. The predicted octanol–water partition coefficient (Wildman–Crippen LogP) is 4.41. The van der Waals surface area contributed by atoms with E-state index in [1.54, 1.807) is 17.0 Å². The molecule has 4 aromatic rings. The van der Waals surface area contributed by atoms with Gasteiger partial charge in [0.2, 0.25) is 11.8 Å². The summed E-state index contributed by atoms with van der Waals surface area (Å²) in [6.45, 7) is 3.30. The summed E-state index contributed by atoms with van der Waals surface area (Å²) in [6.07, 6.45) is 2.99. The van der Waals surface area contributed by atoms with Crippen molar-refractivity contribution in [2.24, 2.45) is 11.7 Å². The van der Waals surface area contributed by atoms with Gasteiger partial charge in [0.05, 0.1) is 0 Å². The zero-order valence-corrected chi connectivity index (χ0v) is 22.6. The lowest BCUT2D eigenvalue weighted by atomic mass is 9.90. The number of aromatic nitrogens is 1. The fraction of sp³-hybridized carbons (Fsp3) is 0.281. The molecule has 40 heavy (non-hydrogen) atoms. The Balaban J connectivity index is 1.32. The number of carbonyl (C=O) groups excluding carboxylic acids is 3. The second kappa shape index (κ2) is 12.2. The number of carbonyl (C=O) groups is 3. The number of nitrogens with zero attached hydrogens (tertiary/aromatic N) is 1. The highest BCUT2D eigenvalue weighted by Gasteiger charge is 2.34. The van der Waals surface area contributed by atoms with Crippen LogP contribution in [0.3, 0.4) is 0 Å². The van der Waals surface area contributed by atoms with Gasteiger partial charge < -0.3 is 26.3 Å². The van der Waals surface area contributed by atoms with E-state index in [0.717, 1.165) is 22.0 Å². The van der Waals surface area contributed by atoms with E-state index in [1.807, 2.05) is 79.9 Å². The lowest BCUT2D eigenvalue weighted by Crippen LogP contribution is -2.50. The number of piperidine rings is 1. The topological polar surface area (TPSA) is 120 Å². The first-order valence-electron chi connectivity index (χ1n) is 13.7. The minimum Gasteiger partial charge on any atom is -0.361 e. The Labute approximate surface area is 233 Å². The van der Waals surface area contributed by atoms with Crippen molar-refractivity contribution in [3.8, 4) is 0 Å². The molecule has 1 aliphatic rings. The summed E-state index contributed by atoms with van der Waals surface area (Å²) < 4.78 is 0. The molecular weight excluding hydrogens is 502 g/mol. The van der Waals surface area contributed by atoms with Crippen LogP contribution in [0, 0.1) is 5.92 Å². The van der Waals surface area contributed by atoms with Crippen molar-refractivity contribution < 1.29 is 14.4 Å². The van der Waals surface area contributed by atoms with Crippen LogP contribution < -0.4 is 16.4 Å². The van der Waals surface area contributed by atoms with E-state index < -0.39 is 6.04 Å². The fourth-order valence-electron chi connectivity index (χ4n) is 5.44. The standard InChI is InChI=1S/C32H35N5O3/c1-21(27-20-34-28-13-6-5-12-26(27)28)29(31(39)35-25-11-7-8-22(18-25)19-33)36-30(38)23-14-16-37(17-15-23)32(40)24-9-3-2-4-10-24/h2-13,18,20-21,23,29,34H,14-17,19,33H2,1H3,(H,35,39)(H,36,38)/t21-,29-/m1/s1. The summed E-state index contributed by atoms with van der Waals surface area (Å²) in [6, 6.07) is 23.7. The highest BCUT2D eigenvalue weighted by molar-refractivity contribution is 5.99. The van der Waals surface area contributed by atoms with E-state index in [9.17, 15) is 14.4 Å². The van der Waals surface area contributed by atoms with Crippen LogP contribution in [0.2, 0.25) is 0 Å². The van der Waals surface area contributed by atoms with Gasteiger partial charge in [-0.25, -0.2) is 0 Å². The minimum atomic E-state index is -0.808. The molecule has 0 unspecified atom stereocenters. The van der Waals surface area contributed by atoms with Crippen LogP contribution in [0.1, 0.15) is 47.2 Å². The van der Waals surface area contributed by atoms with Crippen LogP contribution in [0.4, 0.5) is 5.69 Å². The molecule has 2 atom stereocenters. The lowest BCUT2D eigenvalue weighted by Gasteiger charge is -2.33. The first-order chi connectivity index (χ1) is 19.4. The maximum Gasteiger partial charge on any atom is 0.253 e. The monoisotopic (exact) mass is 537 g/mol. The summed E-state index contributed by atoms with van der Waals surface area (Å²) >= 11 is 0. The molecule has 2 heterocycles. The number of nitrogens with two attached hydrogens (primary N) is 1. The molecule has 8 nitrogen and oxygen atoms in total. The molecule has 0 spiro atoms. The summed E-state index contributed by atoms with van der Waals surface area (Å²) in [7, 11) is 0. The van der Waals surface area contributed by atoms with Crippen LogP contribution in [0.5, 0.6) is 0 Å². The first kappa shape index (κ1) is 27.1. The van der Waals surface area contributed by atoms with Crippen LogP contribution in [-0.2, 0) is 16.1 Å². The van der Waals surface area contributed by atoms with Gasteiger partial charge >= 0.3 is 0 Å². The van der Waals surface area contributed by atoms with Gasteiger partial charge in [0.25, 0.3) is 5.91 Å². The first-order valence-corrected chi connectivity index (χ1v) is 13.7. The number of rotatable bonds is 8. The van der Waals surface area contributed by atoms with Gasteiger partial charge in [-0.3, -0.25) is 14.4 Å². The maximum atomic E-state index is 13.7. The van der Waals surface area contributed by atoms with E-state index in [-0.39, 0.29) is 29.6 Å². The Bertz CT molecular complexity index is 1490. The average Bonchev–Trinajstić information content (AvgIpc) is 3.44. The molecule has 0 radical (unpaired) electrons. The van der Waals surface area contributed by atoms with Gasteiger partial charge in [-0.15, -0.1) is 0 Å². The Kier molecular flexibility index (Phi) is 8.26. The Morgan fingerprint density at radius 1 is 0.975 bits per heavy atom. The number of H-pyrrole nitrogens is 1. The highest BCUT2D eigenvalue weighted by Crippen LogP contribution is 2.29. The van der Waals surface area contributed by atoms with Crippen molar-refractivity contribution in [2.45, 2.75) is 38.3 Å². The van der Waals surface area contributed by atoms with Crippen molar-refractivity contribution >= 4 is 34.3 Å². The van der Waals surface area contributed by atoms with Crippen LogP contribution in [0.15, 0.2) is 85.1 Å². The molecule has 1 saturated heterocycles. The number of likely N-dealkylation sites (tertiary alicyclic amines) is 1. The normalized spacial score (nSPS) is 15.4. The number of hydrogen-bond acceptors (Lipinski definition) is 4. The van der Waals surface area contributed by atoms with Gasteiger partial charge in [-0.05, 0) is 54.3 Å². The van der Waals surface area contributed by atoms with Gasteiger partial charge in [-0.1, -0.05) is 55.5 Å². The number of benzene rings is 3. The molecule has 5 rings (SSSR count). The van der Waals surface area contributed by atoms with Gasteiger partial charge in [0.15, 0.2) is 0 Å². The summed E-state index contributed by atoms with van der Waals surface area (Å²) in [5.74, 6) is -1.08. The maximum absolute atomic E-state index is 13.7. The average molecular weight is 538 g/mol. The third-order valence-corrected chi connectivity index (χ3v) is 7.80. The van der Waals surface area contributed by atoms with Crippen molar-refractivity contribution in [3.63, 3.8) is 0 Å². The zero-order valence-electron chi connectivity index (χ0n) is 22.6. The molecule has 1 fully saturated rings. The molecule has 1 aromatic heterocycles. The molecule has 8 heteroatoms. The molecule has 0 bridgehead atoms. The molecule has 3 amide bonds. The van der Waals surface area contributed by atoms with Crippen LogP contribution >= 0.6 is 0 Å². The van der Waals surface area contributed by atoms with E-state index in [4.69, 9.17) is 5.73 Å². The zero-order chi connectivity index (χ0) is 28.1. The number of amides is 3. The number of nitrogens with one attached hydrogen (secondary N) is 3. The number of fused-ring (bicyclic) bond motifs is 1. The van der Waals surface area contributed by atoms with Crippen LogP contribution in [-0.4, -0.2) is 46.7 Å². The van der Waals surface area contributed by atoms with Crippen molar-refractivity contribution in [3.05, 3.63) is 102 Å². The molecule has 0 saturated carbocycles. The number of hydrogen-bond donors (Lipinski definition) is 4. The summed E-state index contributed by atoms with van der Waals surface area (Å²) in [5, 5.41) is 7.07. The van der Waals surface area contributed by atoms with E-state index in [1.165, 1.54) is 0 Å². The van der Waals surface area contributed by atoms with Crippen LogP contribution in [0.25, 0.3) is 10.9 Å². The number of anilines is 1. The van der Waals surface area contributed by atoms with E-state index in [0.29, 0.717) is 43.7 Å². The van der Waals surface area contributed by atoms with Gasteiger partial charge in [0.1, 0.15) is 6.04 Å². The second-order valence-electron chi connectivity index (χ2n) is 10.4. The number of aromatic amines is 1. The second-order valence-corrected chi connectivity index (χ2v) is 10.4. The minimum absolute atomic E-state index is 0.0237. The Morgan fingerprint density at radius 2 is 1.70 bits per heavy atom. The highest BCUT2D eigenvalue weighted by atomic mass is 16.2. The van der Waals surface area contributed by atoms with Crippen molar-refractivity contribution in [2.75, 3.05) is 18.4 Å². The molecule has 1 aliphatic heterocycles. The molecule has 5 N–H and O–H groups in total.